The van der Waals surface area contributed by atoms with Crippen LogP contribution in [-0.2, 0) is 4.79 Å². The van der Waals surface area contributed by atoms with Gasteiger partial charge in [0.2, 0.25) is 5.91 Å². The second kappa shape index (κ2) is 5.63. The fraction of sp³-hybridized carbons (Fsp3) is 0.467. The second-order valence-electron chi connectivity index (χ2n) is 5.54. The Morgan fingerprint density at radius 2 is 2.14 bits per heavy atom. The number of hydrogen-bond acceptors (Lipinski definition) is 4. The summed E-state index contributed by atoms with van der Waals surface area (Å²) < 4.78 is 5.14. The molecule has 0 bridgehead atoms. The lowest BCUT2D eigenvalue weighted by Gasteiger charge is -2.23. The van der Waals surface area contributed by atoms with Gasteiger partial charge < -0.3 is 20.7 Å². The summed E-state index contributed by atoms with van der Waals surface area (Å²) in [5, 5.41) is 2.65. The monoisotopic (exact) mass is 291 g/mol. The molecule has 1 aliphatic heterocycles. The molecule has 2 amide bonds. The summed E-state index contributed by atoms with van der Waals surface area (Å²) in [5.41, 5.74) is 6.17. The molecule has 0 spiro atoms. The molecule has 1 fully saturated rings. The topological polar surface area (TPSA) is 84.7 Å². The van der Waals surface area contributed by atoms with E-state index in [1.807, 2.05) is 6.92 Å². The van der Waals surface area contributed by atoms with Gasteiger partial charge in [-0.15, -0.1) is 0 Å². The van der Waals surface area contributed by atoms with Gasteiger partial charge in [-0.2, -0.15) is 0 Å². The molecule has 1 unspecified atom stereocenters. The number of ether oxygens (including phenoxy) is 1. The lowest BCUT2D eigenvalue weighted by Crippen LogP contribution is -2.40. The summed E-state index contributed by atoms with van der Waals surface area (Å²) >= 11 is 0. The predicted octanol–water partition coefficient (Wildman–Crippen LogP) is 0.876. The molecule has 21 heavy (non-hydrogen) atoms. The van der Waals surface area contributed by atoms with E-state index in [4.69, 9.17) is 10.5 Å². The summed E-state index contributed by atoms with van der Waals surface area (Å²) in [5.74, 6) is 0.268. The fourth-order valence-electron chi connectivity index (χ4n) is 2.70. The van der Waals surface area contributed by atoms with Gasteiger partial charge in [0, 0.05) is 20.1 Å². The van der Waals surface area contributed by atoms with Gasteiger partial charge in [0.05, 0.1) is 23.8 Å². The number of nitrogens with two attached hydrogens (primary N) is 1. The van der Waals surface area contributed by atoms with Crippen LogP contribution in [0.3, 0.4) is 0 Å². The third kappa shape index (κ3) is 2.66. The normalized spacial score (nSPS) is 21.2. The van der Waals surface area contributed by atoms with Crippen molar-refractivity contribution in [2.24, 2.45) is 5.41 Å². The summed E-state index contributed by atoms with van der Waals surface area (Å²) in [6.07, 6.45) is 0.641. The Morgan fingerprint density at radius 1 is 1.43 bits per heavy atom. The van der Waals surface area contributed by atoms with Gasteiger partial charge >= 0.3 is 0 Å². The number of likely N-dealkylation sites (tertiary alicyclic amines) is 1. The fourth-order valence-corrected chi connectivity index (χ4v) is 2.70. The Morgan fingerprint density at radius 3 is 2.76 bits per heavy atom. The van der Waals surface area contributed by atoms with Gasteiger partial charge in [0.15, 0.2) is 0 Å². The van der Waals surface area contributed by atoms with Crippen molar-refractivity contribution >= 4 is 17.5 Å². The third-order valence-corrected chi connectivity index (χ3v) is 4.05. The van der Waals surface area contributed by atoms with Gasteiger partial charge in [0.1, 0.15) is 5.75 Å². The summed E-state index contributed by atoms with van der Waals surface area (Å²) in [6.45, 7) is 2.80. The highest BCUT2D eigenvalue weighted by Gasteiger charge is 2.41. The molecule has 1 saturated heterocycles. The zero-order valence-electron chi connectivity index (χ0n) is 12.6. The molecule has 0 saturated carbocycles. The van der Waals surface area contributed by atoms with Gasteiger partial charge in [-0.05, 0) is 25.5 Å². The lowest BCUT2D eigenvalue weighted by molar-refractivity contribution is -0.128. The van der Waals surface area contributed by atoms with Crippen LogP contribution in [0, 0.1) is 5.41 Å². The number of para-hydroxylation sites is 1. The van der Waals surface area contributed by atoms with E-state index < -0.39 is 5.41 Å². The molecule has 114 valence electrons. The van der Waals surface area contributed by atoms with E-state index in [1.165, 1.54) is 7.11 Å². The Kier molecular flexibility index (Phi) is 4.06. The minimum absolute atomic E-state index is 0.0450. The number of methoxy groups -OCH3 is 1. The van der Waals surface area contributed by atoms with Crippen molar-refractivity contribution in [3.8, 4) is 5.75 Å². The first-order valence-corrected chi connectivity index (χ1v) is 6.87. The molecule has 1 heterocycles. The zero-order valence-corrected chi connectivity index (χ0v) is 12.6. The minimum Gasteiger partial charge on any atom is -0.495 e. The Bertz CT molecular complexity index is 573. The molecule has 0 radical (unpaired) electrons. The van der Waals surface area contributed by atoms with Gasteiger partial charge in [0.25, 0.3) is 5.91 Å². The van der Waals surface area contributed by atoms with Crippen molar-refractivity contribution in [1.29, 1.82) is 0 Å². The summed E-state index contributed by atoms with van der Waals surface area (Å²) in [4.78, 5) is 26.2. The summed E-state index contributed by atoms with van der Waals surface area (Å²) in [6, 6.07) is 5.12. The molecule has 6 nitrogen and oxygen atoms in total. The van der Waals surface area contributed by atoms with Crippen LogP contribution < -0.4 is 15.8 Å². The van der Waals surface area contributed by atoms with Crippen LogP contribution in [0.2, 0.25) is 0 Å². The van der Waals surface area contributed by atoms with Crippen LogP contribution in [0.25, 0.3) is 0 Å². The number of carbonyl (C=O) groups excluding carboxylic acids is 2. The molecule has 0 aromatic heterocycles. The molecule has 0 aliphatic carbocycles. The number of nitrogens with zero attached hydrogens (tertiary/aromatic N) is 1. The smallest absolute Gasteiger partial charge is 0.256 e. The number of hydrogen-bond donors (Lipinski definition) is 2. The molecule has 1 aromatic carbocycles. The number of amides is 2. The number of carbonyl (C=O) groups is 2. The van der Waals surface area contributed by atoms with E-state index in [1.54, 1.807) is 30.1 Å². The highest BCUT2D eigenvalue weighted by molar-refractivity contribution is 6.01. The van der Waals surface area contributed by atoms with Gasteiger partial charge in [-0.25, -0.2) is 0 Å². The van der Waals surface area contributed by atoms with E-state index in [9.17, 15) is 9.59 Å². The zero-order chi connectivity index (χ0) is 15.6. The highest BCUT2D eigenvalue weighted by Crippen LogP contribution is 2.33. The van der Waals surface area contributed by atoms with E-state index in [0.717, 1.165) is 0 Å². The van der Waals surface area contributed by atoms with E-state index in [-0.39, 0.29) is 11.8 Å². The standard InChI is InChI=1S/C15H21N3O3/c1-15(14(20)17-2)7-8-18(9-15)13(19)10-5-4-6-11(21-3)12(10)16/h4-6H,7-9,16H2,1-3H3,(H,17,20). The van der Waals surface area contributed by atoms with Crippen LogP contribution in [0.15, 0.2) is 18.2 Å². The van der Waals surface area contributed by atoms with Crippen molar-refractivity contribution in [3.05, 3.63) is 23.8 Å². The highest BCUT2D eigenvalue weighted by atomic mass is 16.5. The number of rotatable bonds is 3. The number of nitrogens with one attached hydrogen (secondary N) is 1. The maximum Gasteiger partial charge on any atom is 0.256 e. The van der Waals surface area contributed by atoms with E-state index in [2.05, 4.69) is 5.32 Å². The first-order chi connectivity index (χ1) is 9.92. The number of anilines is 1. The minimum atomic E-state index is -0.544. The lowest BCUT2D eigenvalue weighted by atomic mass is 9.89. The number of nitrogen functional groups attached to an aromatic ring is 1. The van der Waals surface area contributed by atoms with Crippen molar-refractivity contribution in [1.82, 2.24) is 10.2 Å². The molecule has 6 heteroatoms. The van der Waals surface area contributed by atoms with E-state index in [0.29, 0.717) is 36.5 Å². The first kappa shape index (κ1) is 15.2. The van der Waals surface area contributed by atoms with Gasteiger partial charge in [-0.3, -0.25) is 9.59 Å². The molecule has 2 rings (SSSR count). The maximum atomic E-state index is 12.6. The third-order valence-electron chi connectivity index (χ3n) is 4.05. The largest absolute Gasteiger partial charge is 0.495 e. The van der Waals surface area contributed by atoms with Crippen LogP contribution in [0.4, 0.5) is 5.69 Å². The Balaban J connectivity index is 2.21. The number of benzene rings is 1. The average molecular weight is 291 g/mol. The van der Waals surface area contributed by atoms with Crippen LogP contribution >= 0.6 is 0 Å². The molecule has 1 aromatic rings. The quantitative estimate of drug-likeness (QED) is 0.810. The second-order valence-corrected chi connectivity index (χ2v) is 5.54. The maximum absolute atomic E-state index is 12.6. The average Bonchev–Trinajstić information content (AvgIpc) is 2.89. The van der Waals surface area contributed by atoms with Crippen LogP contribution in [0.1, 0.15) is 23.7 Å². The van der Waals surface area contributed by atoms with Crippen LogP contribution in [-0.4, -0.2) is 44.0 Å². The Labute approximate surface area is 124 Å². The van der Waals surface area contributed by atoms with Crippen molar-refractivity contribution < 1.29 is 14.3 Å². The molecule has 1 aliphatic rings. The van der Waals surface area contributed by atoms with Crippen molar-refractivity contribution in [2.45, 2.75) is 13.3 Å². The first-order valence-electron chi connectivity index (χ1n) is 6.87. The predicted molar refractivity (Wildman–Crippen MR) is 80.1 cm³/mol. The van der Waals surface area contributed by atoms with Gasteiger partial charge in [-0.1, -0.05) is 6.07 Å². The molecule has 3 N–H and O–H groups in total. The van der Waals surface area contributed by atoms with E-state index >= 15 is 0 Å². The molecular weight excluding hydrogens is 270 g/mol. The summed E-state index contributed by atoms with van der Waals surface area (Å²) in [7, 11) is 3.12. The van der Waals surface area contributed by atoms with Crippen molar-refractivity contribution in [3.63, 3.8) is 0 Å². The SMILES string of the molecule is CNC(=O)C1(C)CCN(C(=O)c2cccc(OC)c2N)C1. The van der Waals surface area contributed by atoms with Crippen LogP contribution in [0.5, 0.6) is 5.75 Å². The molecular formula is C15H21N3O3. The Hall–Kier alpha value is -2.24. The molecule has 1 atom stereocenters. The van der Waals surface area contributed by atoms with Crippen molar-refractivity contribution in [2.75, 3.05) is 33.0 Å².